The number of halogens is 1. The number of hydrogen-bond acceptors (Lipinski definition) is 1. The summed E-state index contributed by atoms with van der Waals surface area (Å²) >= 11 is 0. The van der Waals surface area contributed by atoms with E-state index in [0.717, 1.165) is 6.42 Å². The van der Waals surface area contributed by atoms with Crippen LogP contribution in [0.2, 0.25) is 0 Å². The molecule has 3 heteroatoms. The number of hydrogen-bond donors (Lipinski definition) is 1. The van der Waals surface area contributed by atoms with Gasteiger partial charge in [0.15, 0.2) is 5.60 Å². The molecule has 1 heterocycles. The van der Waals surface area contributed by atoms with Crippen LogP contribution in [-0.4, -0.2) is 11.3 Å². The molecular weight excluding hydrogens is 390 g/mol. The zero-order valence-corrected chi connectivity index (χ0v) is 21.8. The molecule has 3 N–H and O–H groups in total. The van der Waals surface area contributed by atoms with Crippen molar-refractivity contribution >= 4 is 0 Å². The molecule has 0 spiro atoms. The van der Waals surface area contributed by atoms with Crippen molar-refractivity contribution in [1.29, 1.82) is 0 Å². The topological polar surface area (TPSA) is 40.2 Å². The van der Waals surface area contributed by atoms with E-state index in [1.165, 1.54) is 135 Å². The smallest absolute Gasteiger partial charge is 0.228 e. The third-order valence-corrected chi connectivity index (χ3v) is 7.42. The fraction of sp³-hybridized carbons (Fsp3) is 1.00. The van der Waals surface area contributed by atoms with Crippen molar-refractivity contribution in [2.75, 3.05) is 0 Å². The van der Waals surface area contributed by atoms with Crippen LogP contribution in [-0.2, 0) is 4.74 Å². The molecule has 0 aromatic rings. The normalized spacial score (nSPS) is 22.8. The molecule has 1 rings (SSSR count). The fourth-order valence-electron chi connectivity index (χ4n) is 4.85. The fourth-order valence-corrected chi connectivity index (χ4v) is 4.85. The van der Waals surface area contributed by atoms with Gasteiger partial charge in [0, 0.05) is 6.42 Å². The van der Waals surface area contributed by atoms with E-state index in [1.54, 1.807) is 0 Å². The van der Waals surface area contributed by atoms with E-state index in [1.807, 2.05) is 0 Å². The highest BCUT2D eigenvalue weighted by Gasteiger charge is 2.67. The van der Waals surface area contributed by atoms with Crippen LogP contribution in [0.3, 0.4) is 0 Å². The van der Waals surface area contributed by atoms with Crippen LogP contribution in [0.4, 0.5) is 0 Å². The standard InChI is InChI=1S/C27H55NO.ClH/c1-4-6-7-8-9-10-11-12-13-14-15-16-17-18-19-20-21-22-23-24-25-26(3)27(28,5-2)29-26;/h4-25,28H2,1-3H3;1H. The quantitative estimate of drug-likeness (QED) is 0.177. The van der Waals surface area contributed by atoms with Gasteiger partial charge in [-0.1, -0.05) is 142 Å². The summed E-state index contributed by atoms with van der Waals surface area (Å²) in [4.78, 5) is 0. The molecule has 2 unspecified atom stereocenters. The molecule has 1 fully saturated rings. The molecular formula is C27H56ClNO. The van der Waals surface area contributed by atoms with E-state index in [2.05, 4.69) is 26.5 Å². The molecule has 2 atom stereocenters. The third kappa shape index (κ3) is 13.6. The van der Waals surface area contributed by atoms with Gasteiger partial charge in [-0.2, -0.15) is 0 Å². The predicted octanol–water partition coefficient (Wildman–Crippen LogP) is 5.34. The van der Waals surface area contributed by atoms with E-state index >= 15 is 0 Å². The van der Waals surface area contributed by atoms with Crippen LogP contribution in [0.5, 0.6) is 0 Å². The zero-order chi connectivity index (χ0) is 21.3. The third-order valence-electron chi connectivity index (χ3n) is 7.42. The first kappa shape index (κ1) is 30.2. The summed E-state index contributed by atoms with van der Waals surface area (Å²) in [7, 11) is 0. The van der Waals surface area contributed by atoms with Crippen LogP contribution in [0.1, 0.15) is 162 Å². The summed E-state index contributed by atoms with van der Waals surface area (Å²) < 4.78 is 5.87. The second-order valence-corrected chi connectivity index (χ2v) is 10.1. The summed E-state index contributed by atoms with van der Waals surface area (Å²) in [6, 6.07) is 0. The van der Waals surface area contributed by atoms with Crippen molar-refractivity contribution in [3.63, 3.8) is 0 Å². The average molecular weight is 446 g/mol. The van der Waals surface area contributed by atoms with Crippen LogP contribution >= 0.6 is 0 Å². The van der Waals surface area contributed by atoms with Gasteiger partial charge in [0.2, 0.25) is 5.72 Å². The lowest BCUT2D eigenvalue weighted by atomic mass is 9.94. The van der Waals surface area contributed by atoms with Gasteiger partial charge in [-0.3, -0.25) is 0 Å². The van der Waals surface area contributed by atoms with Crippen molar-refractivity contribution < 1.29 is 22.9 Å². The molecule has 1 aliphatic rings. The van der Waals surface area contributed by atoms with Crippen LogP contribution < -0.4 is 18.1 Å². The van der Waals surface area contributed by atoms with E-state index in [-0.39, 0.29) is 23.7 Å². The highest BCUT2D eigenvalue weighted by Crippen LogP contribution is 2.47. The lowest BCUT2D eigenvalue weighted by Gasteiger charge is -2.08. The van der Waals surface area contributed by atoms with E-state index in [9.17, 15) is 0 Å². The number of unbranched alkanes of at least 4 members (excludes halogenated alkanes) is 19. The highest BCUT2D eigenvalue weighted by molar-refractivity contribution is 5.03. The van der Waals surface area contributed by atoms with Gasteiger partial charge in [0.25, 0.3) is 0 Å². The largest absolute Gasteiger partial charge is 1.00 e. The Morgan fingerprint density at radius 2 is 0.833 bits per heavy atom. The summed E-state index contributed by atoms with van der Waals surface area (Å²) in [6.45, 7) is 6.74. The molecule has 2 nitrogen and oxygen atoms in total. The summed E-state index contributed by atoms with van der Waals surface area (Å²) in [5, 5.41) is 0. The van der Waals surface area contributed by atoms with Gasteiger partial charge in [0.05, 0.1) is 0 Å². The van der Waals surface area contributed by atoms with Crippen molar-refractivity contribution in [1.82, 2.24) is 0 Å². The summed E-state index contributed by atoms with van der Waals surface area (Å²) in [5.74, 6) is 0. The van der Waals surface area contributed by atoms with E-state index in [4.69, 9.17) is 4.74 Å². The van der Waals surface area contributed by atoms with Gasteiger partial charge in [-0.05, 0) is 13.3 Å². The Hall–Kier alpha value is 0.210. The Kier molecular flexibility index (Phi) is 18.9. The molecule has 1 aliphatic heterocycles. The molecule has 182 valence electrons. The minimum absolute atomic E-state index is 0. The van der Waals surface area contributed by atoms with Crippen LogP contribution in [0.25, 0.3) is 0 Å². The Balaban J connectivity index is 0.00000841. The molecule has 1 saturated heterocycles. The first-order chi connectivity index (χ1) is 14.1. The predicted molar refractivity (Wildman–Crippen MR) is 128 cm³/mol. The Labute approximate surface area is 196 Å². The van der Waals surface area contributed by atoms with Crippen molar-refractivity contribution in [2.24, 2.45) is 0 Å². The molecule has 0 aromatic heterocycles. The van der Waals surface area contributed by atoms with Crippen LogP contribution in [0.15, 0.2) is 0 Å². The first-order valence-corrected chi connectivity index (χ1v) is 13.6. The van der Waals surface area contributed by atoms with E-state index in [0.29, 0.717) is 0 Å². The maximum Gasteiger partial charge on any atom is 0.228 e. The lowest BCUT2D eigenvalue weighted by molar-refractivity contribution is -0.472. The molecule has 0 radical (unpaired) electrons. The zero-order valence-electron chi connectivity index (χ0n) is 21.0. The number of rotatable bonds is 22. The van der Waals surface area contributed by atoms with Crippen LogP contribution in [0, 0.1) is 0 Å². The van der Waals surface area contributed by atoms with Gasteiger partial charge >= 0.3 is 0 Å². The molecule has 0 amide bonds. The minimum atomic E-state index is -0.0686. The first-order valence-electron chi connectivity index (χ1n) is 13.6. The molecule has 0 aromatic carbocycles. The Morgan fingerprint density at radius 3 is 1.10 bits per heavy atom. The maximum atomic E-state index is 5.87. The van der Waals surface area contributed by atoms with Crippen molar-refractivity contribution in [2.45, 2.75) is 173 Å². The summed E-state index contributed by atoms with van der Waals surface area (Å²) in [5.41, 5.74) is 4.24. The van der Waals surface area contributed by atoms with Crippen molar-refractivity contribution in [3.8, 4) is 0 Å². The minimum Gasteiger partial charge on any atom is -1.00 e. The summed E-state index contributed by atoms with van der Waals surface area (Å²) in [6.07, 6.45) is 31.1. The monoisotopic (exact) mass is 445 g/mol. The average Bonchev–Trinajstić information content (AvgIpc) is 3.27. The van der Waals surface area contributed by atoms with Gasteiger partial charge < -0.3 is 22.9 Å². The second kappa shape index (κ2) is 18.8. The Morgan fingerprint density at radius 1 is 0.533 bits per heavy atom. The van der Waals surface area contributed by atoms with Gasteiger partial charge in [-0.25, -0.2) is 0 Å². The molecule has 30 heavy (non-hydrogen) atoms. The van der Waals surface area contributed by atoms with Crippen molar-refractivity contribution in [3.05, 3.63) is 0 Å². The SMILES string of the molecule is CCCCCCCCCCCCCCCCCCCCCCC1(C)OC1([NH3+])CC.[Cl-]. The molecule has 0 saturated carbocycles. The number of ether oxygens (including phenoxy) is 1. The molecule has 0 bridgehead atoms. The van der Waals surface area contributed by atoms with Gasteiger partial charge in [0.1, 0.15) is 0 Å². The number of quaternary nitrogens is 1. The maximum absolute atomic E-state index is 5.87. The second-order valence-electron chi connectivity index (χ2n) is 10.1. The highest BCUT2D eigenvalue weighted by atomic mass is 35.5. The van der Waals surface area contributed by atoms with E-state index < -0.39 is 0 Å². The number of epoxide rings is 1. The van der Waals surface area contributed by atoms with Gasteiger partial charge in [-0.15, -0.1) is 0 Å². The molecule has 0 aliphatic carbocycles. The lowest BCUT2D eigenvalue weighted by Crippen LogP contribution is -3.00. The Bertz CT molecular complexity index is 378.